The minimum atomic E-state index is -3.66. The molecule has 9 heteroatoms. The molecule has 0 bridgehead atoms. The lowest BCUT2D eigenvalue weighted by molar-refractivity contribution is -0.137. The maximum atomic E-state index is 13.2. The molecule has 0 spiro atoms. The smallest absolute Gasteiger partial charge is 0.308 e. The standard InChI is InChI=1S/C21H29N3O4S2/c1-15(2)24-18-9-8-17(14-19(18)29-21(24)26)30(27,28)23-12-10-22(11-13-23)20(25)16-6-4-3-5-7-16/h8-9,14-16H,3-7,10-13H2,1-2H3. The van der Waals surface area contributed by atoms with E-state index in [9.17, 15) is 18.0 Å². The van der Waals surface area contributed by atoms with Gasteiger partial charge in [0.1, 0.15) is 0 Å². The van der Waals surface area contributed by atoms with Crippen molar-refractivity contribution < 1.29 is 13.2 Å². The molecular formula is C21H29N3O4S2. The van der Waals surface area contributed by atoms with Gasteiger partial charge in [-0.05, 0) is 44.9 Å². The van der Waals surface area contributed by atoms with E-state index in [-0.39, 0.29) is 27.6 Å². The van der Waals surface area contributed by atoms with E-state index < -0.39 is 10.0 Å². The van der Waals surface area contributed by atoms with E-state index in [1.54, 1.807) is 22.8 Å². The van der Waals surface area contributed by atoms with Crippen LogP contribution >= 0.6 is 11.3 Å². The number of carbonyl (C=O) groups excluding carboxylic acids is 1. The van der Waals surface area contributed by atoms with Gasteiger partial charge in [0, 0.05) is 38.1 Å². The van der Waals surface area contributed by atoms with Crippen LogP contribution in [0.15, 0.2) is 27.9 Å². The molecule has 0 unspecified atom stereocenters. The lowest BCUT2D eigenvalue weighted by Gasteiger charge is -2.36. The molecule has 1 saturated heterocycles. The first-order valence-electron chi connectivity index (χ1n) is 10.7. The minimum Gasteiger partial charge on any atom is -0.340 e. The van der Waals surface area contributed by atoms with E-state index in [0.29, 0.717) is 30.9 Å². The predicted molar refractivity (Wildman–Crippen MR) is 118 cm³/mol. The van der Waals surface area contributed by atoms with Crippen molar-refractivity contribution in [1.82, 2.24) is 13.8 Å². The second-order valence-corrected chi connectivity index (χ2v) is 11.5. The Kier molecular flexibility index (Phi) is 6.05. The number of thiazole rings is 1. The Morgan fingerprint density at radius 2 is 1.73 bits per heavy atom. The Morgan fingerprint density at radius 1 is 1.07 bits per heavy atom. The highest BCUT2D eigenvalue weighted by Gasteiger charge is 2.33. The summed E-state index contributed by atoms with van der Waals surface area (Å²) in [6.07, 6.45) is 5.33. The predicted octanol–water partition coefficient (Wildman–Crippen LogP) is 3.06. The summed E-state index contributed by atoms with van der Waals surface area (Å²) < 4.78 is 30.2. The van der Waals surface area contributed by atoms with Crippen molar-refractivity contribution in [2.45, 2.75) is 56.9 Å². The summed E-state index contributed by atoms with van der Waals surface area (Å²) in [6, 6.07) is 4.93. The van der Waals surface area contributed by atoms with Crippen molar-refractivity contribution in [3.05, 3.63) is 27.9 Å². The molecule has 30 heavy (non-hydrogen) atoms. The highest BCUT2D eigenvalue weighted by molar-refractivity contribution is 7.89. The van der Waals surface area contributed by atoms with Crippen LogP contribution in [0, 0.1) is 5.92 Å². The highest BCUT2D eigenvalue weighted by Crippen LogP contribution is 2.28. The lowest BCUT2D eigenvalue weighted by Crippen LogP contribution is -2.52. The second-order valence-electron chi connectivity index (χ2n) is 8.53. The largest absolute Gasteiger partial charge is 0.340 e. The van der Waals surface area contributed by atoms with Gasteiger partial charge in [-0.15, -0.1) is 0 Å². The van der Waals surface area contributed by atoms with E-state index in [0.717, 1.165) is 42.5 Å². The third kappa shape index (κ3) is 3.94. The second kappa shape index (κ2) is 8.43. The van der Waals surface area contributed by atoms with Crippen LogP contribution in [0.5, 0.6) is 0 Å². The fourth-order valence-electron chi connectivity index (χ4n) is 4.57. The average Bonchev–Trinajstić information content (AvgIpc) is 3.09. The summed E-state index contributed by atoms with van der Waals surface area (Å²) >= 11 is 1.08. The van der Waals surface area contributed by atoms with Gasteiger partial charge in [-0.25, -0.2) is 8.42 Å². The third-order valence-electron chi connectivity index (χ3n) is 6.24. The van der Waals surface area contributed by atoms with Crippen LogP contribution in [0.1, 0.15) is 52.0 Å². The summed E-state index contributed by atoms with van der Waals surface area (Å²) in [5, 5.41) is 0. The molecule has 1 aliphatic heterocycles. The van der Waals surface area contributed by atoms with Crippen molar-refractivity contribution in [3.8, 4) is 0 Å². The number of carbonyl (C=O) groups is 1. The van der Waals surface area contributed by atoms with Crippen molar-refractivity contribution in [2.75, 3.05) is 26.2 Å². The first-order chi connectivity index (χ1) is 14.3. The van der Waals surface area contributed by atoms with Gasteiger partial charge in [-0.2, -0.15) is 4.31 Å². The number of hydrogen-bond donors (Lipinski definition) is 0. The molecule has 2 aliphatic rings. The maximum absolute atomic E-state index is 13.2. The molecular weight excluding hydrogens is 422 g/mol. The summed E-state index contributed by atoms with van der Waals surface area (Å²) in [7, 11) is -3.66. The van der Waals surface area contributed by atoms with E-state index in [1.165, 1.54) is 10.7 Å². The number of fused-ring (bicyclic) bond motifs is 1. The number of benzene rings is 1. The average molecular weight is 452 g/mol. The van der Waals surface area contributed by atoms with Crippen LogP contribution in [0.4, 0.5) is 0 Å². The van der Waals surface area contributed by atoms with Crippen LogP contribution in [0.25, 0.3) is 10.2 Å². The summed E-state index contributed by atoms with van der Waals surface area (Å²) in [6.45, 7) is 5.37. The topological polar surface area (TPSA) is 79.7 Å². The highest BCUT2D eigenvalue weighted by atomic mass is 32.2. The zero-order chi connectivity index (χ0) is 21.5. The minimum absolute atomic E-state index is 0.0171. The Balaban J connectivity index is 1.49. The van der Waals surface area contributed by atoms with Gasteiger partial charge >= 0.3 is 4.87 Å². The molecule has 1 aromatic heterocycles. The number of nitrogens with zero attached hydrogens (tertiary/aromatic N) is 3. The number of aromatic nitrogens is 1. The zero-order valence-electron chi connectivity index (χ0n) is 17.5. The van der Waals surface area contributed by atoms with Crippen LogP contribution in [0.2, 0.25) is 0 Å². The van der Waals surface area contributed by atoms with Gasteiger partial charge in [0.15, 0.2) is 0 Å². The number of hydrogen-bond acceptors (Lipinski definition) is 5. The van der Waals surface area contributed by atoms with Gasteiger partial charge < -0.3 is 4.90 Å². The molecule has 1 amide bonds. The Bertz CT molecular complexity index is 1090. The monoisotopic (exact) mass is 451 g/mol. The quantitative estimate of drug-likeness (QED) is 0.716. The molecule has 1 aliphatic carbocycles. The van der Waals surface area contributed by atoms with Gasteiger partial charge in [-0.1, -0.05) is 30.6 Å². The Morgan fingerprint density at radius 3 is 2.37 bits per heavy atom. The number of rotatable bonds is 4. The van der Waals surface area contributed by atoms with Crippen molar-refractivity contribution in [2.24, 2.45) is 5.92 Å². The van der Waals surface area contributed by atoms with Crippen LogP contribution in [0.3, 0.4) is 0 Å². The molecule has 1 aromatic carbocycles. The molecule has 0 radical (unpaired) electrons. The molecule has 0 atom stereocenters. The summed E-state index contributed by atoms with van der Waals surface area (Å²) in [5.74, 6) is 0.296. The maximum Gasteiger partial charge on any atom is 0.308 e. The Hall–Kier alpha value is -1.71. The molecule has 2 fully saturated rings. The van der Waals surface area contributed by atoms with E-state index in [1.807, 2.05) is 18.7 Å². The molecule has 1 saturated carbocycles. The summed E-state index contributed by atoms with van der Waals surface area (Å²) in [5.41, 5.74) is 0.766. The Labute approximate surface area is 181 Å². The first-order valence-corrected chi connectivity index (χ1v) is 13.0. The van der Waals surface area contributed by atoms with Crippen LogP contribution < -0.4 is 4.87 Å². The number of sulfonamides is 1. The van der Waals surface area contributed by atoms with Gasteiger partial charge in [0.2, 0.25) is 15.9 Å². The van der Waals surface area contributed by atoms with Crippen molar-refractivity contribution in [1.29, 1.82) is 0 Å². The van der Waals surface area contributed by atoms with Crippen molar-refractivity contribution >= 4 is 37.5 Å². The number of amides is 1. The SMILES string of the molecule is CC(C)n1c(=O)sc2cc(S(=O)(=O)N3CCN(C(=O)C4CCCCC4)CC3)ccc21. The van der Waals surface area contributed by atoms with Gasteiger partial charge in [-0.3, -0.25) is 14.2 Å². The molecule has 4 rings (SSSR count). The third-order valence-corrected chi connectivity index (χ3v) is 9.06. The zero-order valence-corrected chi connectivity index (χ0v) is 19.2. The van der Waals surface area contributed by atoms with E-state index >= 15 is 0 Å². The van der Waals surface area contributed by atoms with Gasteiger partial charge in [0.05, 0.1) is 15.1 Å². The first kappa shape index (κ1) is 21.5. The lowest BCUT2D eigenvalue weighted by atomic mass is 9.88. The number of piperazine rings is 1. The normalized spacial score (nSPS) is 19.6. The fraction of sp³-hybridized carbons (Fsp3) is 0.619. The molecule has 2 heterocycles. The van der Waals surface area contributed by atoms with E-state index in [2.05, 4.69) is 0 Å². The van der Waals surface area contributed by atoms with Crippen molar-refractivity contribution in [3.63, 3.8) is 0 Å². The van der Waals surface area contributed by atoms with Crippen LogP contribution in [-0.4, -0.2) is 54.3 Å². The fourth-order valence-corrected chi connectivity index (χ4v) is 7.15. The molecule has 0 N–H and O–H groups in total. The van der Waals surface area contributed by atoms with Gasteiger partial charge in [0.25, 0.3) is 0 Å². The molecule has 164 valence electrons. The van der Waals surface area contributed by atoms with Crippen LogP contribution in [-0.2, 0) is 14.8 Å². The molecule has 7 nitrogen and oxygen atoms in total. The summed E-state index contributed by atoms with van der Waals surface area (Å²) in [4.78, 5) is 27.0. The molecule has 2 aromatic rings. The van der Waals surface area contributed by atoms with E-state index in [4.69, 9.17) is 0 Å².